The first kappa shape index (κ1) is 24.6. The second kappa shape index (κ2) is 11.3. The Labute approximate surface area is 208 Å². The number of halogens is 1. The van der Waals surface area contributed by atoms with Crippen LogP contribution in [0, 0.1) is 11.8 Å². The monoisotopic (exact) mass is 499 g/mol. The number of ether oxygens (including phenoxy) is 3. The molecule has 2 atom stereocenters. The lowest BCUT2D eigenvalue weighted by atomic mass is 10.1. The molecule has 11 heteroatoms. The molecule has 1 aromatic heterocycles. The molecule has 3 N–H and O–H groups in total. The lowest BCUT2D eigenvalue weighted by Gasteiger charge is -2.19. The minimum absolute atomic E-state index is 0.0961. The van der Waals surface area contributed by atoms with Crippen molar-refractivity contribution in [2.45, 2.75) is 44.5 Å². The zero-order valence-corrected chi connectivity index (χ0v) is 20.1. The Morgan fingerprint density at radius 1 is 1.17 bits per heavy atom. The predicted molar refractivity (Wildman–Crippen MR) is 128 cm³/mol. The van der Waals surface area contributed by atoms with Gasteiger partial charge in [-0.1, -0.05) is 17.5 Å². The summed E-state index contributed by atoms with van der Waals surface area (Å²) in [6.07, 6.45) is 5.04. The molecule has 2 fully saturated rings. The summed E-state index contributed by atoms with van der Waals surface area (Å²) >= 11 is 6.43. The second-order valence-electron chi connectivity index (χ2n) is 8.17. The zero-order valence-electron chi connectivity index (χ0n) is 19.4. The Hall–Kier alpha value is -3.55. The number of nitrogens with zero attached hydrogens (tertiary/aromatic N) is 2. The van der Waals surface area contributed by atoms with Gasteiger partial charge in [0.25, 0.3) is 11.8 Å². The Morgan fingerprint density at radius 2 is 1.91 bits per heavy atom. The molecule has 1 saturated heterocycles. The summed E-state index contributed by atoms with van der Waals surface area (Å²) in [4.78, 5) is 32.8. The molecule has 0 bridgehead atoms. The van der Waals surface area contributed by atoms with Crippen molar-refractivity contribution >= 4 is 29.4 Å². The first-order chi connectivity index (χ1) is 17.0. The molecule has 2 unspecified atom stereocenters. The molecule has 1 aliphatic heterocycles. The highest BCUT2D eigenvalue weighted by Crippen LogP contribution is 2.31. The summed E-state index contributed by atoms with van der Waals surface area (Å²) in [5.41, 5.74) is 1.06. The van der Waals surface area contributed by atoms with Crippen LogP contribution in [0.1, 0.15) is 35.7 Å². The lowest BCUT2D eigenvalue weighted by molar-refractivity contribution is -0.116. The van der Waals surface area contributed by atoms with Gasteiger partial charge in [-0.2, -0.15) is 0 Å². The van der Waals surface area contributed by atoms with Gasteiger partial charge in [-0.3, -0.25) is 9.59 Å². The van der Waals surface area contributed by atoms with Crippen LogP contribution in [-0.2, 0) is 16.1 Å². The van der Waals surface area contributed by atoms with Crippen LogP contribution in [-0.4, -0.2) is 60.2 Å². The number of carbonyl (C=O) groups is 2. The fraction of sp³-hybridized carbons (Fsp3) is 0.417. The van der Waals surface area contributed by atoms with E-state index in [1.54, 1.807) is 19.1 Å². The Kier molecular flexibility index (Phi) is 7.90. The molecular formula is C24H26ClN5O5. The third-order valence-electron chi connectivity index (χ3n) is 5.48. The van der Waals surface area contributed by atoms with Gasteiger partial charge in [-0.05, 0) is 37.8 Å². The standard InChI is InChI=1S/C24H26ClN5O5/c1-3-4-21(31)29-18-12-34-13-19(18)30-24-26-9-17(10-27-24)35-11-15-7-14(8-20(33-2)22(15)25)23(32)28-16-5-6-16/h7-10,16,18-19H,5-6,11-13H2,1-2H3,(H,28,32)(H,29,31)(H,26,27,30). The maximum atomic E-state index is 12.5. The minimum Gasteiger partial charge on any atom is -0.495 e. The van der Waals surface area contributed by atoms with Gasteiger partial charge in [0.15, 0.2) is 5.75 Å². The highest BCUT2D eigenvalue weighted by atomic mass is 35.5. The van der Waals surface area contributed by atoms with Crippen molar-refractivity contribution < 1.29 is 23.8 Å². The molecule has 2 heterocycles. The molecule has 1 saturated carbocycles. The van der Waals surface area contributed by atoms with E-state index in [0.717, 1.165) is 12.8 Å². The van der Waals surface area contributed by atoms with E-state index < -0.39 is 0 Å². The average Bonchev–Trinajstić information content (AvgIpc) is 3.57. The highest BCUT2D eigenvalue weighted by molar-refractivity contribution is 6.33. The molecule has 1 aromatic carbocycles. The molecule has 1 aliphatic carbocycles. The van der Waals surface area contributed by atoms with Crippen LogP contribution in [0.4, 0.5) is 5.95 Å². The number of hydrogen-bond donors (Lipinski definition) is 3. The van der Waals surface area contributed by atoms with E-state index in [-0.39, 0.29) is 36.5 Å². The van der Waals surface area contributed by atoms with Crippen molar-refractivity contribution in [1.29, 1.82) is 0 Å². The number of hydrogen-bond acceptors (Lipinski definition) is 8. The maximum Gasteiger partial charge on any atom is 0.296 e. The number of rotatable bonds is 9. The SMILES string of the molecule is CC#CC(=O)NC1COCC1Nc1ncc(OCc2cc(C(=O)NC3CC3)cc(OC)c2Cl)cn1. The van der Waals surface area contributed by atoms with Crippen molar-refractivity contribution in [3.63, 3.8) is 0 Å². The molecule has 0 radical (unpaired) electrons. The first-order valence-electron chi connectivity index (χ1n) is 11.2. The van der Waals surface area contributed by atoms with Crippen molar-refractivity contribution in [2.75, 3.05) is 25.6 Å². The molecule has 0 spiro atoms. The summed E-state index contributed by atoms with van der Waals surface area (Å²) in [5.74, 6) is 5.68. The molecule has 184 valence electrons. The van der Waals surface area contributed by atoms with Crippen LogP contribution < -0.4 is 25.4 Å². The summed E-state index contributed by atoms with van der Waals surface area (Å²) < 4.78 is 16.6. The number of nitrogens with one attached hydrogen (secondary N) is 3. The van der Waals surface area contributed by atoms with Crippen molar-refractivity contribution in [3.8, 4) is 23.3 Å². The molecule has 2 aromatic rings. The van der Waals surface area contributed by atoms with Crippen molar-refractivity contribution in [1.82, 2.24) is 20.6 Å². The fourth-order valence-electron chi connectivity index (χ4n) is 3.49. The van der Waals surface area contributed by atoms with E-state index >= 15 is 0 Å². The summed E-state index contributed by atoms with van der Waals surface area (Å²) in [5, 5.41) is 9.29. The Bertz CT molecular complexity index is 1140. The van der Waals surface area contributed by atoms with Gasteiger partial charge in [-0.25, -0.2) is 9.97 Å². The van der Waals surface area contributed by atoms with Gasteiger partial charge in [0.2, 0.25) is 5.95 Å². The van der Waals surface area contributed by atoms with E-state index in [4.69, 9.17) is 25.8 Å². The number of benzene rings is 1. The zero-order chi connectivity index (χ0) is 24.8. The number of methoxy groups -OCH3 is 1. The fourth-order valence-corrected chi connectivity index (χ4v) is 3.73. The number of aromatic nitrogens is 2. The summed E-state index contributed by atoms with van der Waals surface area (Å²) in [6, 6.07) is 3.10. The van der Waals surface area contributed by atoms with Crippen LogP contribution in [0.3, 0.4) is 0 Å². The van der Waals surface area contributed by atoms with Crippen molar-refractivity contribution in [3.05, 3.63) is 40.7 Å². The number of anilines is 1. The third kappa shape index (κ3) is 6.53. The van der Waals surface area contributed by atoms with Gasteiger partial charge in [0, 0.05) is 17.2 Å². The van der Waals surface area contributed by atoms with E-state index in [2.05, 4.69) is 37.8 Å². The third-order valence-corrected chi connectivity index (χ3v) is 5.91. The van der Waals surface area contributed by atoms with Crippen LogP contribution in [0.5, 0.6) is 11.5 Å². The van der Waals surface area contributed by atoms with Crippen LogP contribution >= 0.6 is 11.6 Å². The van der Waals surface area contributed by atoms with Gasteiger partial charge < -0.3 is 30.2 Å². The molecular weight excluding hydrogens is 474 g/mol. The van der Waals surface area contributed by atoms with E-state index in [0.29, 0.717) is 46.8 Å². The molecule has 10 nitrogen and oxygen atoms in total. The number of amides is 2. The summed E-state index contributed by atoms with van der Waals surface area (Å²) in [6.45, 7) is 2.47. The maximum absolute atomic E-state index is 12.5. The van der Waals surface area contributed by atoms with Gasteiger partial charge in [0.05, 0.1) is 49.8 Å². The Morgan fingerprint density at radius 3 is 2.60 bits per heavy atom. The average molecular weight is 500 g/mol. The van der Waals surface area contributed by atoms with Crippen LogP contribution in [0.25, 0.3) is 0 Å². The largest absolute Gasteiger partial charge is 0.495 e. The van der Waals surface area contributed by atoms with E-state index in [1.165, 1.54) is 19.5 Å². The van der Waals surface area contributed by atoms with Gasteiger partial charge >= 0.3 is 0 Å². The lowest BCUT2D eigenvalue weighted by Crippen LogP contribution is -2.45. The van der Waals surface area contributed by atoms with Crippen LogP contribution in [0.2, 0.25) is 5.02 Å². The quantitative estimate of drug-likeness (QED) is 0.447. The van der Waals surface area contributed by atoms with Gasteiger partial charge in [0.1, 0.15) is 12.4 Å². The van der Waals surface area contributed by atoms with Crippen LogP contribution in [0.15, 0.2) is 24.5 Å². The minimum atomic E-state index is -0.358. The normalized spacial score (nSPS) is 18.7. The molecule has 2 aliphatic rings. The topological polar surface area (TPSA) is 124 Å². The summed E-state index contributed by atoms with van der Waals surface area (Å²) in [7, 11) is 1.50. The van der Waals surface area contributed by atoms with Crippen molar-refractivity contribution in [2.24, 2.45) is 0 Å². The van der Waals surface area contributed by atoms with Gasteiger partial charge in [-0.15, -0.1) is 0 Å². The molecule has 4 rings (SSSR count). The Balaban J connectivity index is 1.37. The first-order valence-corrected chi connectivity index (χ1v) is 11.5. The molecule has 35 heavy (non-hydrogen) atoms. The predicted octanol–water partition coefficient (Wildman–Crippen LogP) is 1.93. The smallest absolute Gasteiger partial charge is 0.296 e. The number of carbonyl (C=O) groups excluding carboxylic acids is 2. The van der Waals surface area contributed by atoms with E-state index in [9.17, 15) is 9.59 Å². The van der Waals surface area contributed by atoms with E-state index in [1.807, 2.05) is 0 Å². The molecule has 2 amide bonds. The highest BCUT2D eigenvalue weighted by Gasteiger charge is 2.30. The second-order valence-corrected chi connectivity index (χ2v) is 8.55.